The van der Waals surface area contributed by atoms with Crippen LogP contribution in [0.15, 0.2) is 96.0 Å². The van der Waals surface area contributed by atoms with E-state index in [9.17, 15) is 13.9 Å². The molecule has 0 saturated carbocycles. The van der Waals surface area contributed by atoms with Crippen molar-refractivity contribution in [1.29, 1.82) is 0 Å². The molecule has 0 aromatic heterocycles. The van der Waals surface area contributed by atoms with Crippen LogP contribution in [0.3, 0.4) is 0 Å². The highest BCUT2D eigenvalue weighted by Crippen LogP contribution is 2.74. The molecule has 0 unspecified atom stereocenters. The molecule has 0 bridgehead atoms. The minimum absolute atomic E-state index is 0.0149. The van der Waals surface area contributed by atoms with E-state index in [4.69, 9.17) is 27.8 Å². The Morgan fingerprint density at radius 3 is 1.37 bits per heavy atom. The molecule has 0 spiro atoms. The van der Waals surface area contributed by atoms with E-state index in [-0.39, 0.29) is 26.4 Å². The molecule has 0 heterocycles. The van der Waals surface area contributed by atoms with E-state index in [0.717, 1.165) is 11.1 Å². The van der Waals surface area contributed by atoms with Crippen LogP contribution in [0.5, 0.6) is 0 Å². The van der Waals surface area contributed by atoms with Gasteiger partial charge in [0.15, 0.2) is 11.4 Å². The maximum atomic E-state index is 14.8. The van der Waals surface area contributed by atoms with Crippen LogP contribution >= 0.6 is 15.2 Å². The first-order chi connectivity index (χ1) is 20.8. The zero-order chi connectivity index (χ0) is 31.3. The SMILES string of the molecule is CCOP(=O)(OCC)C([C@H](c1ccccc1)[C@H](N=C(c1ccccc1)c1ccccc1)C(=O)OC)P(=O)(OCC)OCC. The van der Waals surface area contributed by atoms with Gasteiger partial charge in [0.05, 0.1) is 39.2 Å². The molecule has 0 aliphatic heterocycles. The number of esters is 1. The quantitative estimate of drug-likeness (QED) is 0.0849. The summed E-state index contributed by atoms with van der Waals surface area (Å²) in [6.07, 6.45) is 0. The summed E-state index contributed by atoms with van der Waals surface area (Å²) in [5.74, 6) is -1.91. The monoisotopic (exact) mass is 629 g/mol. The minimum Gasteiger partial charge on any atom is -0.467 e. The normalized spacial score (nSPS) is 13.3. The molecule has 232 valence electrons. The molecule has 0 radical (unpaired) electrons. The first kappa shape index (κ1) is 34.6. The van der Waals surface area contributed by atoms with Crippen LogP contribution in [-0.4, -0.2) is 56.7 Å². The molecule has 3 rings (SSSR count). The Morgan fingerprint density at radius 1 is 0.651 bits per heavy atom. The summed E-state index contributed by atoms with van der Waals surface area (Å²) >= 11 is 0. The van der Waals surface area contributed by atoms with E-state index in [1.54, 1.807) is 58.0 Å². The maximum Gasteiger partial charge on any atom is 0.346 e. The predicted octanol–water partition coefficient (Wildman–Crippen LogP) is 7.71. The molecule has 43 heavy (non-hydrogen) atoms. The van der Waals surface area contributed by atoms with Crippen LogP contribution < -0.4 is 0 Å². The summed E-state index contributed by atoms with van der Waals surface area (Å²) < 4.78 is 58.1. The van der Waals surface area contributed by atoms with Gasteiger partial charge in [-0.3, -0.25) is 14.1 Å². The van der Waals surface area contributed by atoms with Crippen molar-refractivity contribution in [3.8, 4) is 0 Å². The average Bonchev–Trinajstić information content (AvgIpc) is 3.02. The summed E-state index contributed by atoms with van der Waals surface area (Å²) in [6.45, 7) is 6.57. The van der Waals surface area contributed by atoms with E-state index in [1.807, 2.05) is 60.7 Å². The number of hydrogen-bond donors (Lipinski definition) is 0. The van der Waals surface area contributed by atoms with E-state index in [1.165, 1.54) is 7.11 Å². The van der Waals surface area contributed by atoms with Crippen molar-refractivity contribution in [1.82, 2.24) is 0 Å². The van der Waals surface area contributed by atoms with Crippen LogP contribution in [0, 0.1) is 0 Å². The van der Waals surface area contributed by atoms with Crippen molar-refractivity contribution in [3.05, 3.63) is 108 Å². The fourth-order valence-electron chi connectivity index (χ4n) is 4.91. The van der Waals surface area contributed by atoms with Gasteiger partial charge in [-0.15, -0.1) is 0 Å². The molecular formula is C32H41NO8P2. The first-order valence-corrected chi connectivity index (χ1v) is 17.6. The number of ether oxygens (including phenoxy) is 1. The molecule has 0 aliphatic carbocycles. The summed E-state index contributed by atoms with van der Waals surface area (Å²) in [5, 5.41) is -1.57. The molecule has 0 amide bonds. The lowest BCUT2D eigenvalue weighted by Crippen LogP contribution is -2.37. The van der Waals surface area contributed by atoms with Crippen LogP contribution in [0.2, 0.25) is 0 Å². The smallest absolute Gasteiger partial charge is 0.346 e. The van der Waals surface area contributed by atoms with E-state index >= 15 is 0 Å². The number of rotatable bonds is 17. The summed E-state index contributed by atoms with van der Waals surface area (Å²) in [6, 6.07) is 26.2. The Balaban J connectivity index is 2.47. The maximum absolute atomic E-state index is 14.8. The van der Waals surface area contributed by atoms with Crippen LogP contribution in [0.25, 0.3) is 0 Å². The number of hydrogen-bond acceptors (Lipinski definition) is 9. The van der Waals surface area contributed by atoms with Crippen LogP contribution in [0.1, 0.15) is 50.3 Å². The average molecular weight is 630 g/mol. The van der Waals surface area contributed by atoms with Crippen molar-refractivity contribution < 1.29 is 36.8 Å². The van der Waals surface area contributed by atoms with E-state index in [2.05, 4.69) is 0 Å². The third-order valence-electron chi connectivity index (χ3n) is 6.54. The number of carbonyl (C=O) groups is 1. The predicted molar refractivity (Wildman–Crippen MR) is 169 cm³/mol. The van der Waals surface area contributed by atoms with Gasteiger partial charge in [0, 0.05) is 17.0 Å². The van der Waals surface area contributed by atoms with Crippen molar-refractivity contribution in [2.75, 3.05) is 33.5 Å². The van der Waals surface area contributed by atoms with Gasteiger partial charge in [0.25, 0.3) is 0 Å². The highest BCUT2D eigenvalue weighted by atomic mass is 31.2. The Bertz CT molecular complexity index is 1310. The second-order valence-electron chi connectivity index (χ2n) is 9.28. The second-order valence-corrected chi connectivity index (χ2v) is 14.0. The van der Waals surface area contributed by atoms with Gasteiger partial charge < -0.3 is 22.8 Å². The molecule has 11 heteroatoms. The number of carbonyl (C=O) groups excluding carboxylic acids is 1. The van der Waals surface area contributed by atoms with Gasteiger partial charge in [0.1, 0.15) is 0 Å². The molecule has 2 atom stereocenters. The number of methoxy groups -OCH3 is 1. The molecule has 3 aromatic carbocycles. The molecule has 0 saturated heterocycles. The third-order valence-corrected chi connectivity index (χ3v) is 12.6. The van der Waals surface area contributed by atoms with Gasteiger partial charge in [-0.1, -0.05) is 91.0 Å². The van der Waals surface area contributed by atoms with Gasteiger partial charge in [-0.2, -0.15) is 0 Å². The summed E-state index contributed by atoms with van der Waals surface area (Å²) in [7, 11) is -7.38. The Kier molecular flexibility index (Phi) is 13.5. The largest absolute Gasteiger partial charge is 0.467 e. The van der Waals surface area contributed by atoms with Gasteiger partial charge in [0.2, 0.25) is 0 Å². The Morgan fingerprint density at radius 2 is 1.02 bits per heavy atom. The number of benzene rings is 3. The second kappa shape index (κ2) is 16.8. The van der Waals surface area contributed by atoms with Gasteiger partial charge in [-0.05, 0) is 33.3 Å². The summed E-state index contributed by atoms with van der Waals surface area (Å²) in [4.78, 5) is 18.9. The van der Waals surface area contributed by atoms with E-state index < -0.39 is 38.5 Å². The molecular weight excluding hydrogens is 588 g/mol. The molecule has 0 N–H and O–H groups in total. The van der Waals surface area contributed by atoms with Gasteiger partial charge >= 0.3 is 21.2 Å². The standard InChI is InChI=1S/C32H41NO8P2/c1-6-38-42(35,39-7-2)32(43(36,40-8-3)41-9-4)28(25-19-13-10-14-20-25)30(31(34)37-5)33-29(26-21-15-11-16-22-26)27-23-17-12-18-24-27/h10-24,28,30,32H,6-9H2,1-5H3/t28-,30+/m1/s1. The lowest BCUT2D eigenvalue weighted by molar-refractivity contribution is -0.142. The lowest BCUT2D eigenvalue weighted by atomic mass is 9.92. The van der Waals surface area contributed by atoms with Gasteiger partial charge in [-0.25, -0.2) is 4.79 Å². The Labute approximate surface area is 254 Å². The van der Waals surface area contributed by atoms with Crippen molar-refractivity contribution in [2.45, 2.75) is 45.1 Å². The van der Waals surface area contributed by atoms with Crippen molar-refractivity contribution in [3.63, 3.8) is 0 Å². The molecule has 3 aromatic rings. The number of nitrogens with zero attached hydrogens (tertiary/aromatic N) is 1. The van der Waals surface area contributed by atoms with Crippen LogP contribution in [0.4, 0.5) is 0 Å². The van der Waals surface area contributed by atoms with Crippen molar-refractivity contribution >= 4 is 26.9 Å². The molecule has 0 aliphatic rings. The minimum atomic E-state index is -4.31. The fourth-order valence-corrected chi connectivity index (χ4v) is 10.7. The summed E-state index contributed by atoms with van der Waals surface area (Å²) in [5.41, 5.74) is 2.47. The molecule has 9 nitrogen and oxygen atoms in total. The Hall–Kier alpha value is -2.90. The van der Waals surface area contributed by atoms with E-state index in [0.29, 0.717) is 11.3 Å². The van der Waals surface area contributed by atoms with Crippen LogP contribution in [-0.2, 0) is 36.8 Å². The topological polar surface area (TPSA) is 110 Å². The fraction of sp³-hybridized carbons (Fsp3) is 0.375. The highest BCUT2D eigenvalue weighted by Gasteiger charge is 2.58. The zero-order valence-electron chi connectivity index (χ0n) is 25.3. The zero-order valence-corrected chi connectivity index (χ0v) is 27.1. The molecule has 0 fully saturated rings. The third kappa shape index (κ3) is 8.60. The van der Waals surface area contributed by atoms with Crippen molar-refractivity contribution in [2.24, 2.45) is 4.99 Å². The highest BCUT2D eigenvalue weighted by molar-refractivity contribution is 7.72. The number of aliphatic imine (C=N–C) groups is 1. The lowest BCUT2D eigenvalue weighted by Gasteiger charge is -2.38. The first-order valence-electron chi connectivity index (χ1n) is 14.4.